The molecule has 0 spiro atoms. The van der Waals surface area contributed by atoms with E-state index in [0.29, 0.717) is 31.6 Å². The van der Waals surface area contributed by atoms with Crippen LogP contribution in [0.3, 0.4) is 0 Å². The molecule has 1 N–H and O–H groups in total. The van der Waals surface area contributed by atoms with Crippen LogP contribution < -0.4 is 15.6 Å². The first-order valence-corrected chi connectivity index (χ1v) is 8.48. The minimum absolute atomic E-state index is 0.0843. The van der Waals surface area contributed by atoms with E-state index in [0.717, 1.165) is 11.3 Å². The minimum Gasteiger partial charge on any atom is -0.435 e. The average Bonchev–Trinajstić information content (AvgIpc) is 2.65. The van der Waals surface area contributed by atoms with Crippen LogP contribution in [0, 0.1) is 0 Å². The van der Waals surface area contributed by atoms with E-state index in [1.165, 1.54) is 23.0 Å². The normalized spacial score (nSPS) is 13.3. The van der Waals surface area contributed by atoms with Gasteiger partial charge in [0, 0.05) is 13.0 Å². The minimum atomic E-state index is -2.86. The number of nitrogens with zero attached hydrogens (tertiary/aromatic N) is 2. The Morgan fingerprint density at radius 3 is 2.85 bits per heavy atom. The summed E-state index contributed by atoms with van der Waals surface area (Å²) in [5.74, 6) is -0.228. The van der Waals surface area contributed by atoms with Crippen molar-refractivity contribution < 1.29 is 23.0 Å². The van der Waals surface area contributed by atoms with Crippen molar-refractivity contribution in [2.24, 2.45) is 0 Å². The number of carbonyl (C=O) groups excluding carboxylic acids is 1. The zero-order chi connectivity index (χ0) is 19.2. The van der Waals surface area contributed by atoms with E-state index in [2.05, 4.69) is 15.0 Å². The zero-order valence-corrected chi connectivity index (χ0v) is 14.5. The van der Waals surface area contributed by atoms with Crippen molar-refractivity contribution in [1.82, 2.24) is 14.9 Å². The maximum atomic E-state index is 12.4. The molecule has 144 valence electrons. The van der Waals surface area contributed by atoms with Crippen LogP contribution in [0.1, 0.15) is 16.8 Å². The number of carbonyl (C=O) groups is 1. The molecule has 0 unspecified atom stereocenters. The zero-order valence-electron chi connectivity index (χ0n) is 14.5. The van der Waals surface area contributed by atoms with Gasteiger partial charge in [-0.05, 0) is 24.1 Å². The molecule has 2 heterocycles. The third-order valence-corrected chi connectivity index (χ3v) is 4.15. The Morgan fingerprint density at radius 1 is 1.33 bits per heavy atom. The molecule has 9 heteroatoms. The van der Waals surface area contributed by atoms with Gasteiger partial charge in [0.05, 0.1) is 30.8 Å². The molecular weight excluding hydrogens is 360 g/mol. The van der Waals surface area contributed by atoms with Crippen LogP contribution in [-0.4, -0.2) is 35.2 Å². The number of ether oxygens (including phenoxy) is 2. The number of hydrogen-bond acceptors (Lipinski definition) is 5. The number of halogens is 2. The maximum absolute atomic E-state index is 12.4. The fraction of sp³-hybridized carbons (Fsp3) is 0.389. The molecule has 0 saturated heterocycles. The van der Waals surface area contributed by atoms with Gasteiger partial charge in [-0.3, -0.25) is 14.2 Å². The first-order valence-electron chi connectivity index (χ1n) is 8.48. The Balaban J connectivity index is 1.49. The number of nitrogens with one attached hydrogen (secondary N) is 1. The lowest BCUT2D eigenvalue weighted by Gasteiger charge is -2.16. The molecule has 0 saturated carbocycles. The van der Waals surface area contributed by atoms with Gasteiger partial charge < -0.3 is 14.8 Å². The molecule has 1 amide bonds. The molecule has 1 aromatic carbocycles. The van der Waals surface area contributed by atoms with Gasteiger partial charge in [0.1, 0.15) is 12.3 Å². The van der Waals surface area contributed by atoms with E-state index >= 15 is 0 Å². The van der Waals surface area contributed by atoms with E-state index in [9.17, 15) is 18.4 Å². The molecule has 0 radical (unpaired) electrons. The highest BCUT2D eigenvalue weighted by molar-refractivity contribution is 5.75. The Labute approximate surface area is 153 Å². The second kappa shape index (κ2) is 8.72. The SMILES string of the molecule is O=C(Cn1cnc2c(c1=O)COCC2)NCCc1ccc(OC(F)F)cc1. The maximum Gasteiger partial charge on any atom is 0.387 e. The van der Waals surface area contributed by atoms with Gasteiger partial charge in [-0.1, -0.05) is 12.1 Å². The smallest absolute Gasteiger partial charge is 0.387 e. The molecule has 0 aliphatic carbocycles. The Kier molecular flexibility index (Phi) is 6.12. The van der Waals surface area contributed by atoms with Gasteiger partial charge in [0.15, 0.2) is 0 Å². The Morgan fingerprint density at radius 2 is 2.11 bits per heavy atom. The monoisotopic (exact) mass is 379 g/mol. The lowest BCUT2D eigenvalue weighted by Crippen LogP contribution is -2.36. The molecule has 1 aromatic heterocycles. The second-order valence-electron chi connectivity index (χ2n) is 6.03. The van der Waals surface area contributed by atoms with E-state index in [-0.39, 0.29) is 30.4 Å². The second-order valence-corrected chi connectivity index (χ2v) is 6.03. The predicted octanol–water partition coefficient (Wildman–Crippen LogP) is 1.28. The summed E-state index contributed by atoms with van der Waals surface area (Å²) in [6.45, 7) is -1.87. The van der Waals surface area contributed by atoms with Gasteiger partial charge in [0.25, 0.3) is 5.56 Å². The number of amides is 1. The summed E-state index contributed by atoms with van der Waals surface area (Å²) in [6.07, 6.45) is 2.50. The van der Waals surface area contributed by atoms with Crippen molar-refractivity contribution in [2.75, 3.05) is 13.2 Å². The summed E-state index contributed by atoms with van der Waals surface area (Å²) in [4.78, 5) is 28.6. The van der Waals surface area contributed by atoms with Gasteiger partial charge in [-0.25, -0.2) is 4.98 Å². The summed E-state index contributed by atoms with van der Waals surface area (Å²) in [7, 11) is 0. The molecule has 27 heavy (non-hydrogen) atoms. The average molecular weight is 379 g/mol. The molecule has 2 aromatic rings. The number of aromatic nitrogens is 2. The molecule has 0 bridgehead atoms. The highest BCUT2D eigenvalue weighted by Gasteiger charge is 2.17. The van der Waals surface area contributed by atoms with Gasteiger partial charge in [-0.15, -0.1) is 0 Å². The van der Waals surface area contributed by atoms with Gasteiger partial charge in [0.2, 0.25) is 5.91 Å². The van der Waals surface area contributed by atoms with Crippen molar-refractivity contribution in [3.63, 3.8) is 0 Å². The standard InChI is InChI=1S/C18H19F2N3O4/c19-18(20)27-13-3-1-12(2-4-13)5-7-21-16(24)9-23-11-22-15-6-8-26-10-14(15)17(23)25/h1-4,11,18H,5-10H2,(H,21,24). The lowest BCUT2D eigenvalue weighted by molar-refractivity contribution is -0.121. The van der Waals surface area contributed by atoms with E-state index in [1.54, 1.807) is 12.1 Å². The first-order chi connectivity index (χ1) is 13.0. The number of rotatable bonds is 7. The van der Waals surface area contributed by atoms with Crippen LogP contribution in [0.25, 0.3) is 0 Å². The van der Waals surface area contributed by atoms with Crippen LogP contribution in [0.5, 0.6) is 5.75 Å². The first kappa shape index (κ1) is 19.0. The largest absolute Gasteiger partial charge is 0.435 e. The fourth-order valence-corrected chi connectivity index (χ4v) is 2.78. The molecule has 0 atom stereocenters. The summed E-state index contributed by atoms with van der Waals surface area (Å²) < 4.78 is 35.0. The van der Waals surface area contributed by atoms with Crippen molar-refractivity contribution in [3.05, 3.63) is 57.8 Å². The molecule has 3 rings (SSSR count). The third-order valence-electron chi connectivity index (χ3n) is 4.15. The summed E-state index contributed by atoms with van der Waals surface area (Å²) >= 11 is 0. The summed E-state index contributed by atoms with van der Waals surface area (Å²) in [6, 6.07) is 6.21. The van der Waals surface area contributed by atoms with Crippen molar-refractivity contribution in [2.45, 2.75) is 32.6 Å². The number of fused-ring (bicyclic) bond motifs is 1. The molecule has 1 aliphatic rings. The predicted molar refractivity (Wildman–Crippen MR) is 91.6 cm³/mol. The Hall–Kier alpha value is -2.81. The van der Waals surface area contributed by atoms with E-state index in [1.807, 2.05) is 0 Å². The van der Waals surface area contributed by atoms with Crippen LogP contribution in [0.15, 0.2) is 35.4 Å². The van der Waals surface area contributed by atoms with Crippen LogP contribution in [0.4, 0.5) is 8.78 Å². The van der Waals surface area contributed by atoms with Crippen molar-refractivity contribution >= 4 is 5.91 Å². The fourth-order valence-electron chi connectivity index (χ4n) is 2.78. The topological polar surface area (TPSA) is 82.5 Å². The molecule has 7 nitrogen and oxygen atoms in total. The molecule has 0 fully saturated rings. The highest BCUT2D eigenvalue weighted by atomic mass is 19.3. The Bertz CT molecular complexity index is 853. The molecular formula is C18H19F2N3O4. The number of benzene rings is 1. The third kappa shape index (κ3) is 5.10. The summed E-state index contributed by atoms with van der Waals surface area (Å²) in [5, 5.41) is 2.72. The lowest BCUT2D eigenvalue weighted by atomic mass is 10.1. The number of hydrogen-bond donors (Lipinski definition) is 1. The number of alkyl halides is 2. The summed E-state index contributed by atoms with van der Waals surface area (Å²) in [5.41, 5.74) is 1.83. The van der Waals surface area contributed by atoms with Gasteiger partial charge >= 0.3 is 6.61 Å². The van der Waals surface area contributed by atoms with Crippen LogP contribution in [-0.2, 0) is 35.5 Å². The van der Waals surface area contributed by atoms with E-state index < -0.39 is 6.61 Å². The van der Waals surface area contributed by atoms with Crippen LogP contribution >= 0.6 is 0 Å². The van der Waals surface area contributed by atoms with Crippen LogP contribution in [0.2, 0.25) is 0 Å². The van der Waals surface area contributed by atoms with Gasteiger partial charge in [-0.2, -0.15) is 8.78 Å². The van der Waals surface area contributed by atoms with Crippen molar-refractivity contribution in [1.29, 1.82) is 0 Å². The van der Waals surface area contributed by atoms with Crippen molar-refractivity contribution in [3.8, 4) is 5.75 Å². The highest BCUT2D eigenvalue weighted by Crippen LogP contribution is 2.15. The van der Waals surface area contributed by atoms with E-state index in [4.69, 9.17) is 4.74 Å². The molecule has 1 aliphatic heterocycles. The quantitative estimate of drug-likeness (QED) is 0.784.